The van der Waals surface area contributed by atoms with Gasteiger partial charge in [0.1, 0.15) is 12.4 Å². The quantitative estimate of drug-likeness (QED) is 0.153. The Balaban J connectivity index is 1.61. The van der Waals surface area contributed by atoms with Gasteiger partial charge in [-0.1, -0.05) is 74.4 Å². The molecule has 1 atom stereocenters. The van der Waals surface area contributed by atoms with Crippen molar-refractivity contribution in [1.29, 1.82) is 0 Å². The van der Waals surface area contributed by atoms with Crippen LogP contribution in [0.1, 0.15) is 54.4 Å². The van der Waals surface area contributed by atoms with Gasteiger partial charge >= 0.3 is 5.97 Å². The van der Waals surface area contributed by atoms with Gasteiger partial charge in [0.15, 0.2) is 0 Å². The van der Waals surface area contributed by atoms with Crippen LogP contribution in [0.3, 0.4) is 0 Å². The van der Waals surface area contributed by atoms with E-state index in [1.54, 1.807) is 19.2 Å². The zero-order chi connectivity index (χ0) is 30.6. The molecule has 3 aromatic rings. The Morgan fingerprint density at radius 3 is 2.21 bits per heavy atom. The normalized spacial score (nSPS) is 14.4. The Kier molecular flexibility index (Phi) is 11.4. The second-order valence-electron chi connectivity index (χ2n) is 11.2. The molecule has 7 heteroatoms. The van der Waals surface area contributed by atoms with Crippen molar-refractivity contribution in [3.05, 3.63) is 120 Å². The van der Waals surface area contributed by atoms with Crippen molar-refractivity contribution in [1.82, 2.24) is 4.90 Å². The predicted molar refractivity (Wildman–Crippen MR) is 173 cm³/mol. The number of carbonyl (C=O) groups is 2. The highest BCUT2D eigenvalue weighted by Crippen LogP contribution is 2.35. The number of rotatable bonds is 14. The molecule has 2 N–H and O–H groups in total. The van der Waals surface area contributed by atoms with E-state index in [9.17, 15) is 9.59 Å². The number of amides is 1. The minimum Gasteiger partial charge on any atom is -0.489 e. The molecule has 1 unspecified atom stereocenters. The molecule has 0 saturated heterocycles. The molecule has 1 saturated carbocycles. The molecule has 1 fully saturated rings. The van der Waals surface area contributed by atoms with Crippen LogP contribution in [0.15, 0.2) is 109 Å². The maximum atomic E-state index is 12.9. The standard InChI is InChI=1S/C36H43N3O4/c1-27(43-26-28-13-7-4-8-14-28)33(25-39(3)32-17-11-6-12-18-32)35(29-15-9-5-10-16-29)37-31-21-19-30(20-22-31)36(42)38(2)24-23-34(40)41/h4,6-8,11-14,17-22,25,29,35,37H,1,5,9-10,15-16,23-24,26H2,2-3H3,(H,40,41)/b33-25+. The molecule has 43 heavy (non-hydrogen) atoms. The van der Waals surface area contributed by atoms with E-state index in [4.69, 9.17) is 9.84 Å². The van der Waals surface area contributed by atoms with Crippen LogP contribution in [0.2, 0.25) is 0 Å². The van der Waals surface area contributed by atoms with Gasteiger partial charge in [0, 0.05) is 49.4 Å². The topological polar surface area (TPSA) is 82.1 Å². The van der Waals surface area contributed by atoms with E-state index in [0.29, 0.717) is 23.8 Å². The summed E-state index contributed by atoms with van der Waals surface area (Å²) in [6.45, 7) is 5.00. The third-order valence-electron chi connectivity index (χ3n) is 7.99. The summed E-state index contributed by atoms with van der Waals surface area (Å²) in [7, 11) is 3.66. The van der Waals surface area contributed by atoms with Crippen LogP contribution in [0.4, 0.5) is 11.4 Å². The lowest BCUT2D eigenvalue weighted by atomic mass is 9.80. The number of hydrogen-bond donors (Lipinski definition) is 2. The number of hydrogen-bond acceptors (Lipinski definition) is 5. The van der Waals surface area contributed by atoms with Gasteiger partial charge in [0.25, 0.3) is 5.91 Å². The first-order chi connectivity index (χ1) is 20.8. The van der Waals surface area contributed by atoms with Crippen molar-refractivity contribution in [3.63, 3.8) is 0 Å². The number of ether oxygens (including phenoxy) is 1. The maximum absolute atomic E-state index is 12.9. The van der Waals surface area contributed by atoms with Crippen molar-refractivity contribution < 1.29 is 19.4 Å². The van der Waals surface area contributed by atoms with Crippen LogP contribution in [-0.4, -0.2) is 48.6 Å². The Bertz CT molecular complexity index is 1370. The Labute approximate surface area is 255 Å². The minimum absolute atomic E-state index is 0.0606. The zero-order valence-corrected chi connectivity index (χ0v) is 25.2. The van der Waals surface area contributed by atoms with Crippen molar-refractivity contribution in [2.24, 2.45) is 5.92 Å². The fourth-order valence-electron chi connectivity index (χ4n) is 5.49. The lowest BCUT2D eigenvalue weighted by Gasteiger charge is -2.35. The summed E-state index contributed by atoms with van der Waals surface area (Å²) in [6, 6.07) is 27.7. The Morgan fingerprint density at radius 2 is 1.58 bits per heavy atom. The second kappa shape index (κ2) is 15.6. The first-order valence-electron chi connectivity index (χ1n) is 15.0. The molecule has 1 aliphatic carbocycles. The smallest absolute Gasteiger partial charge is 0.305 e. The van der Waals surface area contributed by atoms with Crippen LogP contribution < -0.4 is 10.2 Å². The van der Waals surface area contributed by atoms with Gasteiger partial charge in [0.2, 0.25) is 0 Å². The van der Waals surface area contributed by atoms with Gasteiger partial charge in [-0.2, -0.15) is 0 Å². The molecule has 0 bridgehead atoms. The summed E-state index contributed by atoms with van der Waals surface area (Å²) >= 11 is 0. The van der Waals surface area contributed by atoms with Crippen LogP contribution in [0.5, 0.6) is 0 Å². The number of benzene rings is 3. The number of anilines is 2. The fourth-order valence-corrected chi connectivity index (χ4v) is 5.49. The summed E-state index contributed by atoms with van der Waals surface area (Å²) in [4.78, 5) is 27.3. The molecule has 1 aliphatic rings. The highest BCUT2D eigenvalue weighted by atomic mass is 16.5. The molecule has 0 heterocycles. The van der Waals surface area contributed by atoms with E-state index in [0.717, 1.165) is 35.4 Å². The van der Waals surface area contributed by atoms with Crippen LogP contribution in [0.25, 0.3) is 0 Å². The number of aliphatic carboxylic acids is 1. The molecule has 226 valence electrons. The SMILES string of the molecule is C=C(OCc1ccccc1)/C(=C\N(C)c1ccccc1)C(Nc1ccc(C(=O)N(C)CCC(=O)O)cc1)C1CCCCC1. The first-order valence-corrected chi connectivity index (χ1v) is 15.0. The summed E-state index contributed by atoms with van der Waals surface area (Å²) in [6.07, 6.45) is 7.83. The number of carboxylic acids is 1. The largest absolute Gasteiger partial charge is 0.489 e. The molecular formula is C36H43N3O4. The second-order valence-corrected chi connectivity index (χ2v) is 11.2. The molecule has 3 aromatic carbocycles. The summed E-state index contributed by atoms with van der Waals surface area (Å²) in [5.41, 5.74) is 4.54. The van der Waals surface area contributed by atoms with E-state index in [1.165, 1.54) is 24.2 Å². The van der Waals surface area contributed by atoms with Crippen molar-refractivity contribution >= 4 is 23.3 Å². The molecule has 7 nitrogen and oxygen atoms in total. The molecule has 0 aliphatic heterocycles. The average molecular weight is 582 g/mol. The van der Waals surface area contributed by atoms with Gasteiger partial charge in [-0.25, -0.2) is 0 Å². The fraction of sp³-hybridized carbons (Fsp3) is 0.333. The molecular weight excluding hydrogens is 538 g/mol. The zero-order valence-electron chi connectivity index (χ0n) is 25.2. The van der Waals surface area contributed by atoms with Crippen molar-refractivity contribution in [3.8, 4) is 0 Å². The van der Waals surface area contributed by atoms with Crippen molar-refractivity contribution in [2.45, 2.75) is 51.2 Å². The van der Waals surface area contributed by atoms with Gasteiger partial charge in [-0.3, -0.25) is 9.59 Å². The highest BCUT2D eigenvalue weighted by Gasteiger charge is 2.29. The van der Waals surface area contributed by atoms with Gasteiger partial charge in [-0.05, 0) is 60.7 Å². The Hall–Kier alpha value is -4.52. The maximum Gasteiger partial charge on any atom is 0.305 e. The number of nitrogens with one attached hydrogen (secondary N) is 1. The number of nitrogens with zero attached hydrogens (tertiary/aromatic N) is 2. The third kappa shape index (κ3) is 9.23. The van der Waals surface area contributed by atoms with Gasteiger partial charge < -0.3 is 25.0 Å². The summed E-state index contributed by atoms with van der Waals surface area (Å²) in [5, 5.41) is 12.8. The van der Waals surface area contributed by atoms with Crippen LogP contribution in [0, 0.1) is 5.92 Å². The Morgan fingerprint density at radius 1 is 0.953 bits per heavy atom. The first kappa shape index (κ1) is 31.4. The molecule has 1 amide bonds. The summed E-state index contributed by atoms with van der Waals surface area (Å²) in [5.74, 6) is -0.125. The van der Waals surface area contributed by atoms with Gasteiger partial charge in [-0.15, -0.1) is 0 Å². The lowest BCUT2D eigenvalue weighted by Crippen LogP contribution is -2.34. The molecule has 4 rings (SSSR count). The van der Waals surface area contributed by atoms with E-state index in [2.05, 4.69) is 35.1 Å². The molecule has 0 aromatic heterocycles. The molecule has 0 radical (unpaired) electrons. The van der Waals surface area contributed by atoms with E-state index < -0.39 is 5.97 Å². The van der Waals surface area contributed by atoms with Crippen LogP contribution >= 0.6 is 0 Å². The van der Waals surface area contributed by atoms with E-state index >= 15 is 0 Å². The average Bonchev–Trinajstić information content (AvgIpc) is 3.05. The summed E-state index contributed by atoms with van der Waals surface area (Å²) < 4.78 is 6.33. The highest BCUT2D eigenvalue weighted by molar-refractivity contribution is 5.94. The minimum atomic E-state index is -0.927. The lowest BCUT2D eigenvalue weighted by molar-refractivity contribution is -0.137. The van der Waals surface area contributed by atoms with Crippen molar-refractivity contribution in [2.75, 3.05) is 30.9 Å². The van der Waals surface area contributed by atoms with Gasteiger partial charge in [0.05, 0.1) is 12.5 Å². The van der Waals surface area contributed by atoms with E-state index in [-0.39, 0.29) is 24.9 Å². The number of carbonyl (C=O) groups excluding carboxylic acids is 1. The number of para-hydroxylation sites is 1. The predicted octanol–water partition coefficient (Wildman–Crippen LogP) is 7.34. The van der Waals surface area contributed by atoms with Crippen LogP contribution in [-0.2, 0) is 16.1 Å². The molecule has 0 spiro atoms. The third-order valence-corrected chi connectivity index (χ3v) is 7.99. The monoisotopic (exact) mass is 581 g/mol. The number of carboxylic acid groups (broad SMARTS) is 1. The van der Waals surface area contributed by atoms with E-state index in [1.807, 2.05) is 67.7 Å².